The second-order valence-corrected chi connectivity index (χ2v) is 11.4. The molecule has 0 fully saturated rings. The maximum atomic E-state index is 13.0. The van der Waals surface area contributed by atoms with E-state index in [4.69, 9.17) is 4.74 Å². The van der Waals surface area contributed by atoms with Crippen LogP contribution >= 0.6 is 34.4 Å². The van der Waals surface area contributed by atoms with Crippen molar-refractivity contribution < 1.29 is 23.5 Å². The molecule has 3 aromatic rings. The van der Waals surface area contributed by atoms with E-state index >= 15 is 0 Å². The summed E-state index contributed by atoms with van der Waals surface area (Å²) >= 11 is 3.81. The Kier molecular flexibility index (Phi) is 9.05. The second kappa shape index (κ2) is 12.4. The molecule has 2 heterocycles. The van der Waals surface area contributed by atoms with E-state index in [-0.39, 0.29) is 36.4 Å². The summed E-state index contributed by atoms with van der Waals surface area (Å²) in [5, 5.41) is 14.4. The van der Waals surface area contributed by atoms with Crippen LogP contribution in [0.2, 0.25) is 0 Å². The van der Waals surface area contributed by atoms with Gasteiger partial charge in [0.05, 0.1) is 24.3 Å². The Labute approximate surface area is 220 Å². The van der Waals surface area contributed by atoms with Crippen molar-refractivity contribution in [3.05, 3.63) is 51.7 Å². The second-order valence-electron chi connectivity index (χ2n) is 8.05. The Balaban J connectivity index is 1.33. The van der Waals surface area contributed by atoms with Crippen molar-refractivity contribution in [3.8, 4) is 0 Å². The Bertz CT molecular complexity index is 1240. The first-order valence-electron chi connectivity index (χ1n) is 11.5. The maximum absolute atomic E-state index is 13.0. The minimum Gasteiger partial charge on any atom is -0.462 e. The zero-order valence-electron chi connectivity index (χ0n) is 19.6. The summed E-state index contributed by atoms with van der Waals surface area (Å²) in [5.74, 6) is -1.25. The van der Waals surface area contributed by atoms with E-state index in [9.17, 15) is 18.8 Å². The Morgan fingerprint density at radius 3 is 2.58 bits per heavy atom. The highest BCUT2D eigenvalue weighted by Crippen LogP contribution is 2.38. The zero-order chi connectivity index (χ0) is 25.5. The summed E-state index contributed by atoms with van der Waals surface area (Å²) in [6.07, 6.45) is 5.00. The van der Waals surface area contributed by atoms with Gasteiger partial charge in [-0.25, -0.2) is 9.18 Å². The molecule has 12 heteroatoms. The van der Waals surface area contributed by atoms with Crippen molar-refractivity contribution in [2.75, 3.05) is 23.0 Å². The first-order valence-corrected chi connectivity index (χ1v) is 14.2. The highest BCUT2D eigenvalue weighted by molar-refractivity contribution is 8.01. The molecule has 1 aromatic carbocycles. The summed E-state index contributed by atoms with van der Waals surface area (Å²) in [6.45, 7) is 2.03. The summed E-state index contributed by atoms with van der Waals surface area (Å²) in [4.78, 5) is 38.7. The van der Waals surface area contributed by atoms with Crippen molar-refractivity contribution >= 4 is 62.4 Å². The minimum absolute atomic E-state index is 0.0724. The number of thiophene rings is 1. The van der Waals surface area contributed by atoms with E-state index in [0.717, 1.165) is 53.9 Å². The number of ether oxygens (including phenoxy) is 1. The SMILES string of the molecule is CCOC(=O)c1c(NC(=O)CSc2nnc(NC(=O)Cc3ccc(F)cc3)s2)sc2c1CCCCC2. The van der Waals surface area contributed by atoms with E-state index in [1.54, 1.807) is 19.1 Å². The standard InChI is InChI=1S/C24H25FN4O4S3/c1-2-33-22(32)20-16-6-4-3-5-7-17(16)35-21(20)26-19(31)13-34-24-29-28-23(36-24)27-18(30)12-14-8-10-15(25)11-9-14/h8-11H,2-7,12-13H2,1H3,(H,26,31)(H,27,28,30). The van der Waals surface area contributed by atoms with Gasteiger partial charge >= 0.3 is 5.97 Å². The first-order chi connectivity index (χ1) is 17.4. The predicted molar refractivity (Wildman–Crippen MR) is 140 cm³/mol. The summed E-state index contributed by atoms with van der Waals surface area (Å²) < 4.78 is 18.8. The number of aromatic nitrogens is 2. The van der Waals surface area contributed by atoms with Crippen molar-refractivity contribution in [2.45, 2.75) is 49.8 Å². The fourth-order valence-corrected chi connectivity index (χ4v) is 6.67. The quantitative estimate of drug-likeness (QED) is 0.166. The summed E-state index contributed by atoms with van der Waals surface area (Å²) in [7, 11) is 0. The van der Waals surface area contributed by atoms with E-state index in [0.29, 0.717) is 25.6 Å². The van der Waals surface area contributed by atoms with Crippen molar-refractivity contribution in [3.63, 3.8) is 0 Å². The number of aryl methyl sites for hydroxylation is 1. The molecule has 1 aliphatic rings. The normalized spacial score (nSPS) is 12.9. The average Bonchev–Trinajstić information content (AvgIpc) is 3.35. The third-order valence-electron chi connectivity index (χ3n) is 5.41. The molecule has 1 aliphatic carbocycles. The van der Waals surface area contributed by atoms with Gasteiger partial charge in [0.1, 0.15) is 10.8 Å². The molecule has 36 heavy (non-hydrogen) atoms. The molecule has 2 aromatic heterocycles. The summed E-state index contributed by atoms with van der Waals surface area (Å²) in [5.41, 5.74) is 2.17. The highest BCUT2D eigenvalue weighted by Gasteiger charge is 2.26. The molecule has 0 unspecified atom stereocenters. The predicted octanol–water partition coefficient (Wildman–Crippen LogP) is 5.10. The molecule has 0 aliphatic heterocycles. The van der Waals surface area contributed by atoms with Crippen LogP contribution in [0.3, 0.4) is 0 Å². The Morgan fingerprint density at radius 1 is 1.03 bits per heavy atom. The lowest BCUT2D eigenvalue weighted by molar-refractivity contribution is -0.115. The lowest BCUT2D eigenvalue weighted by Crippen LogP contribution is -2.16. The van der Waals surface area contributed by atoms with E-state index in [1.165, 1.54) is 35.2 Å². The van der Waals surface area contributed by atoms with Crippen LogP contribution in [0.1, 0.15) is 52.5 Å². The number of thioether (sulfide) groups is 1. The molecule has 4 rings (SSSR count). The van der Waals surface area contributed by atoms with Gasteiger partial charge in [-0.3, -0.25) is 9.59 Å². The molecule has 2 amide bonds. The molecule has 190 valence electrons. The molecular formula is C24H25FN4O4S3. The fraction of sp³-hybridized carbons (Fsp3) is 0.375. The molecule has 0 saturated heterocycles. The van der Waals surface area contributed by atoms with E-state index < -0.39 is 5.97 Å². The van der Waals surface area contributed by atoms with Crippen LogP contribution in [0.5, 0.6) is 0 Å². The molecule has 2 N–H and O–H groups in total. The van der Waals surface area contributed by atoms with Gasteiger partial charge in [-0.1, -0.05) is 41.7 Å². The number of esters is 1. The van der Waals surface area contributed by atoms with Gasteiger partial charge in [0.2, 0.25) is 16.9 Å². The van der Waals surface area contributed by atoms with Crippen LogP contribution in [0.25, 0.3) is 0 Å². The van der Waals surface area contributed by atoms with Gasteiger partial charge in [-0.2, -0.15) is 0 Å². The number of benzene rings is 1. The number of hydrogen-bond acceptors (Lipinski definition) is 9. The average molecular weight is 549 g/mol. The molecular weight excluding hydrogens is 523 g/mol. The number of rotatable bonds is 9. The lowest BCUT2D eigenvalue weighted by atomic mass is 10.1. The molecule has 0 saturated carbocycles. The van der Waals surface area contributed by atoms with Gasteiger partial charge in [-0.05, 0) is 55.9 Å². The maximum Gasteiger partial charge on any atom is 0.341 e. The molecule has 0 atom stereocenters. The van der Waals surface area contributed by atoms with Crippen molar-refractivity contribution in [2.24, 2.45) is 0 Å². The number of anilines is 2. The third-order valence-corrected chi connectivity index (χ3v) is 8.59. The number of carbonyl (C=O) groups is 3. The van der Waals surface area contributed by atoms with Gasteiger partial charge in [-0.15, -0.1) is 21.5 Å². The molecule has 0 spiro atoms. The number of carbonyl (C=O) groups excluding carboxylic acids is 3. The van der Waals surface area contributed by atoms with Crippen LogP contribution in [0, 0.1) is 5.82 Å². The Hall–Kier alpha value is -2.83. The van der Waals surface area contributed by atoms with Crippen LogP contribution < -0.4 is 10.6 Å². The van der Waals surface area contributed by atoms with Crippen molar-refractivity contribution in [1.82, 2.24) is 10.2 Å². The minimum atomic E-state index is -0.398. The van der Waals surface area contributed by atoms with Crippen LogP contribution in [-0.2, 0) is 33.6 Å². The molecule has 0 bridgehead atoms. The number of halogens is 1. The van der Waals surface area contributed by atoms with Gasteiger partial charge in [0.25, 0.3) is 0 Å². The topological polar surface area (TPSA) is 110 Å². The van der Waals surface area contributed by atoms with Crippen molar-refractivity contribution in [1.29, 1.82) is 0 Å². The lowest BCUT2D eigenvalue weighted by Gasteiger charge is -2.08. The Morgan fingerprint density at radius 2 is 1.81 bits per heavy atom. The number of nitrogens with zero attached hydrogens (tertiary/aromatic N) is 2. The van der Waals surface area contributed by atoms with Crippen LogP contribution in [0.4, 0.5) is 14.5 Å². The number of fused-ring (bicyclic) bond motifs is 1. The van der Waals surface area contributed by atoms with Gasteiger partial charge in [0, 0.05) is 4.88 Å². The number of nitrogens with one attached hydrogen (secondary N) is 2. The molecule has 0 radical (unpaired) electrons. The fourth-order valence-electron chi connectivity index (χ4n) is 3.81. The van der Waals surface area contributed by atoms with Crippen LogP contribution in [0.15, 0.2) is 28.6 Å². The van der Waals surface area contributed by atoms with Gasteiger partial charge < -0.3 is 15.4 Å². The summed E-state index contributed by atoms with van der Waals surface area (Å²) in [6, 6.07) is 5.70. The third kappa shape index (κ3) is 6.89. The largest absolute Gasteiger partial charge is 0.462 e. The molecule has 8 nitrogen and oxygen atoms in total. The first kappa shape index (κ1) is 26.2. The van der Waals surface area contributed by atoms with Crippen LogP contribution in [-0.4, -0.2) is 40.3 Å². The highest BCUT2D eigenvalue weighted by atomic mass is 32.2. The van der Waals surface area contributed by atoms with Gasteiger partial charge in [0.15, 0.2) is 4.34 Å². The smallest absolute Gasteiger partial charge is 0.341 e. The monoisotopic (exact) mass is 548 g/mol. The van der Waals surface area contributed by atoms with E-state index in [2.05, 4.69) is 20.8 Å². The zero-order valence-corrected chi connectivity index (χ0v) is 22.0. The van der Waals surface area contributed by atoms with E-state index in [1.807, 2.05) is 0 Å². The number of hydrogen-bond donors (Lipinski definition) is 2. The number of amides is 2.